The molecule has 1 amide bonds. The van der Waals surface area contributed by atoms with Crippen LogP contribution in [0.5, 0.6) is 11.5 Å². The molecule has 0 radical (unpaired) electrons. The average molecular weight is 556 g/mol. The summed E-state index contributed by atoms with van der Waals surface area (Å²) in [5.74, 6) is 2.41. The zero-order valence-corrected chi connectivity index (χ0v) is 23.9. The fourth-order valence-corrected chi connectivity index (χ4v) is 5.37. The lowest BCUT2D eigenvalue weighted by atomic mass is 9.94. The van der Waals surface area contributed by atoms with Crippen molar-refractivity contribution in [1.29, 1.82) is 0 Å². The number of carbonyl (C=O) groups excluding carboxylic acids is 1. The van der Waals surface area contributed by atoms with Crippen LogP contribution in [-0.4, -0.2) is 33.4 Å². The Labute approximate surface area is 238 Å². The smallest absolute Gasteiger partial charge is 0.255 e. The van der Waals surface area contributed by atoms with Crippen LogP contribution in [0.2, 0.25) is 0 Å². The van der Waals surface area contributed by atoms with Gasteiger partial charge in [0.15, 0.2) is 0 Å². The Morgan fingerprint density at radius 1 is 1.07 bits per heavy atom. The average Bonchev–Trinajstić information content (AvgIpc) is 3.35. The molecule has 0 aliphatic carbocycles. The lowest BCUT2D eigenvalue weighted by Gasteiger charge is -2.29. The van der Waals surface area contributed by atoms with E-state index in [1.54, 1.807) is 16.4 Å². The maximum atomic E-state index is 13.9. The van der Waals surface area contributed by atoms with Crippen molar-refractivity contribution < 1.29 is 14.3 Å². The van der Waals surface area contributed by atoms with Gasteiger partial charge in [-0.25, -0.2) is 4.68 Å². The molecule has 206 valence electrons. The first-order valence-corrected chi connectivity index (χ1v) is 14.3. The Hall–Kier alpha value is -4.24. The molecule has 0 bridgehead atoms. The van der Waals surface area contributed by atoms with Crippen molar-refractivity contribution >= 4 is 29.3 Å². The minimum Gasteiger partial charge on any atom is -0.492 e. The van der Waals surface area contributed by atoms with Crippen LogP contribution in [0.4, 0.5) is 11.6 Å². The molecular weight excluding hydrogens is 522 g/mol. The lowest BCUT2D eigenvalue weighted by molar-refractivity contribution is -0.113. The molecule has 1 aliphatic rings. The molecule has 0 saturated heterocycles. The topological polar surface area (TPSA) is 90.3 Å². The SMILES string of the molecule is CCOc1ccccc1NC(=O)C1=C(C)Nc2nc(SCc3ccccc3)nn2C1c1cccc(OC(C)C)c1. The number of hydrogen-bond acceptors (Lipinski definition) is 7. The fraction of sp³-hybridized carbons (Fsp3) is 0.258. The Morgan fingerprint density at radius 2 is 1.85 bits per heavy atom. The summed E-state index contributed by atoms with van der Waals surface area (Å²) in [5.41, 5.74) is 3.89. The monoisotopic (exact) mass is 555 g/mol. The third-order valence-corrected chi connectivity index (χ3v) is 7.18. The molecule has 1 aromatic heterocycles. The highest BCUT2D eigenvalue weighted by molar-refractivity contribution is 7.98. The molecule has 0 spiro atoms. The summed E-state index contributed by atoms with van der Waals surface area (Å²) in [6, 6.07) is 24.9. The number of amides is 1. The van der Waals surface area contributed by atoms with Crippen LogP contribution in [-0.2, 0) is 10.5 Å². The van der Waals surface area contributed by atoms with Crippen LogP contribution in [0.1, 0.15) is 44.9 Å². The summed E-state index contributed by atoms with van der Waals surface area (Å²) < 4.78 is 13.5. The number of allylic oxidation sites excluding steroid dienone is 1. The van der Waals surface area contributed by atoms with Crippen molar-refractivity contribution in [2.24, 2.45) is 0 Å². The first-order valence-electron chi connectivity index (χ1n) is 13.3. The van der Waals surface area contributed by atoms with Gasteiger partial charge in [0.05, 0.1) is 24.0 Å². The van der Waals surface area contributed by atoms with Crippen molar-refractivity contribution in [3.05, 3.63) is 101 Å². The van der Waals surface area contributed by atoms with Gasteiger partial charge in [-0.1, -0.05) is 66.4 Å². The van der Waals surface area contributed by atoms with E-state index in [0.717, 1.165) is 17.1 Å². The van der Waals surface area contributed by atoms with Gasteiger partial charge >= 0.3 is 0 Å². The molecule has 4 aromatic rings. The minimum absolute atomic E-state index is 0.0151. The Bertz CT molecular complexity index is 1520. The van der Waals surface area contributed by atoms with Crippen molar-refractivity contribution in [2.45, 2.75) is 50.8 Å². The molecule has 2 heterocycles. The number of thioether (sulfide) groups is 1. The molecule has 9 heteroatoms. The Kier molecular flexibility index (Phi) is 8.40. The number of aromatic nitrogens is 3. The van der Waals surface area contributed by atoms with E-state index < -0.39 is 6.04 Å². The molecule has 5 rings (SSSR count). The van der Waals surface area contributed by atoms with Gasteiger partial charge in [-0.3, -0.25) is 4.79 Å². The van der Waals surface area contributed by atoms with Crippen LogP contribution < -0.4 is 20.1 Å². The summed E-state index contributed by atoms with van der Waals surface area (Å²) in [4.78, 5) is 18.7. The van der Waals surface area contributed by atoms with E-state index in [0.29, 0.717) is 40.4 Å². The molecule has 0 saturated carbocycles. The predicted molar refractivity (Wildman–Crippen MR) is 159 cm³/mol. The van der Waals surface area contributed by atoms with E-state index in [1.165, 1.54) is 5.56 Å². The van der Waals surface area contributed by atoms with E-state index in [9.17, 15) is 4.79 Å². The van der Waals surface area contributed by atoms with Gasteiger partial charge < -0.3 is 20.1 Å². The van der Waals surface area contributed by atoms with E-state index >= 15 is 0 Å². The summed E-state index contributed by atoms with van der Waals surface area (Å²) in [7, 11) is 0. The number of hydrogen-bond donors (Lipinski definition) is 2. The van der Waals surface area contributed by atoms with Gasteiger partial charge in [-0.15, -0.1) is 5.10 Å². The van der Waals surface area contributed by atoms with Crippen LogP contribution in [0.25, 0.3) is 0 Å². The fourth-order valence-electron chi connectivity index (χ4n) is 4.59. The highest BCUT2D eigenvalue weighted by atomic mass is 32.2. The molecule has 1 aliphatic heterocycles. The number of rotatable bonds is 10. The number of para-hydroxylation sites is 2. The predicted octanol–water partition coefficient (Wildman–Crippen LogP) is 6.68. The molecule has 0 fully saturated rings. The van der Waals surface area contributed by atoms with Crippen LogP contribution in [0.3, 0.4) is 0 Å². The third kappa shape index (κ3) is 6.15. The molecule has 3 aromatic carbocycles. The second-order valence-corrected chi connectivity index (χ2v) is 10.6. The van der Waals surface area contributed by atoms with Gasteiger partial charge in [0, 0.05) is 11.4 Å². The number of carbonyl (C=O) groups is 1. The number of benzene rings is 3. The lowest BCUT2D eigenvalue weighted by Crippen LogP contribution is -2.31. The molecule has 8 nitrogen and oxygen atoms in total. The first-order chi connectivity index (χ1) is 19.4. The van der Waals surface area contributed by atoms with Crippen molar-refractivity contribution in [3.63, 3.8) is 0 Å². The van der Waals surface area contributed by atoms with Gasteiger partial charge in [0.1, 0.15) is 17.5 Å². The zero-order valence-electron chi connectivity index (χ0n) is 23.0. The zero-order chi connectivity index (χ0) is 28.1. The Morgan fingerprint density at radius 3 is 2.62 bits per heavy atom. The number of ether oxygens (including phenoxy) is 2. The first kappa shape index (κ1) is 27.3. The largest absolute Gasteiger partial charge is 0.492 e. The minimum atomic E-state index is -0.523. The summed E-state index contributed by atoms with van der Waals surface area (Å²) in [6.45, 7) is 8.27. The number of anilines is 2. The van der Waals surface area contributed by atoms with E-state index in [1.807, 2.05) is 94.4 Å². The van der Waals surface area contributed by atoms with Gasteiger partial charge in [-0.05, 0) is 63.1 Å². The molecule has 1 atom stereocenters. The molecule has 2 N–H and O–H groups in total. The second-order valence-electron chi connectivity index (χ2n) is 9.63. The highest BCUT2D eigenvalue weighted by Crippen LogP contribution is 2.38. The second kappa shape index (κ2) is 12.3. The van der Waals surface area contributed by atoms with E-state index in [2.05, 4.69) is 22.8 Å². The van der Waals surface area contributed by atoms with Gasteiger partial charge in [0.2, 0.25) is 11.1 Å². The summed E-state index contributed by atoms with van der Waals surface area (Å²) in [6.07, 6.45) is 0.0151. The molecular formula is C31H33N5O3S. The summed E-state index contributed by atoms with van der Waals surface area (Å²) >= 11 is 1.55. The van der Waals surface area contributed by atoms with Crippen LogP contribution in [0, 0.1) is 0 Å². The third-order valence-electron chi connectivity index (χ3n) is 6.27. The maximum Gasteiger partial charge on any atom is 0.255 e. The maximum absolute atomic E-state index is 13.9. The van der Waals surface area contributed by atoms with Gasteiger partial charge in [-0.2, -0.15) is 4.98 Å². The van der Waals surface area contributed by atoms with E-state index in [-0.39, 0.29) is 12.0 Å². The standard InChI is InChI=1S/C31H33N5O3S/c1-5-38-26-17-10-9-16-25(26)33-29(37)27-21(4)32-30-34-31(40-19-22-12-7-6-8-13-22)35-36(30)28(27)23-14-11-15-24(18-23)39-20(2)3/h6-18,20,28H,5,19H2,1-4H3,(H,33,37)(H,32,34,35). The van der Waals surface area contributed by atoms with Crippen molar-refractivity contribution in [3.8, 4) is 11.5 Å². The van der Waals surface area contributed by atoms with Crippen molar-refractivity contribution in [2.75, 3.05) is 17.2 Å². The molecule has 40 heavy (non-hydrogen) atoms. The molecule has 1 unspecified atom stereocenters. The number of fused-ring (bicyclic) bond motifs is 1. The number of nitrogens with zero attached hydrogens (tertiary/aromatic N) is 3. The quantitative estimate of drug-likeness (QED) is 0.211. The van der Waals surface area contributed by atoms with Crippen LogP contribution >= 0.6 is 11.8 Å². The normalized spacial score (nSPS) is 14.5. The summed E-state index contributed by atoms with van der Waals surface area (Å²) in [5, 5.41) is 11.9. The highest BCUT2D eigenvalue weighted by Gasteiger charge is 2.35. The van der Waals surface area contributed by atoms with Crippen molar-refractivity contribution in [1.82, 2.24) is 14.8 Å². The van der Waals surface area contributed by atoms with Crippen LogP contribution in [0.15, 0.2) is 95.3 Å². The van der Waals surface area contributed by atoms with E-state index in [4.69, 9.17) is 19.6 Å². The Balaban J connectivity index is 1.52. The van der Waals surface area contributed by atoms with Gasteiger partial charge in [0.25, 0.3) is 5.91 Å². The number of nitrogens with one attached hydrogen (secondary N) is 2.